The number of nitrogens with one attached hydrogen (secondary N) is 1. The summed E-state index contributed by atoms with van der Waals surface area (Å²) in [6.07, 6.45) is 0.831. The highest BCUT2D eigenvalue weighted by atomic mass is 32.2. The first-order valence-corrected chi connectivity index (χ1v) is 10.7. The number of rotatable bonds is 5. The molecule has 2 rings (SSSR count). The number of sulfone groups is 1. The molecule has 1 N–H and O–H groups in total. The van der Waals surface area contributed by atoms with E-state index in [9.17, 15) is 13.2 Å². The average molecular weight is 391 g/mol. The van der Waals surface area contributed by atoms with E-state index in [1.165, 1.54) is 0 Å². The van der Waals surface area contributed by atoms with E-state index in [0.717, 1.165) is 17.7 Å². The van der Waals surface area contributed by atoms with Crippen molar-refractivity contribution >= 4 is 21.6 Å². The van der Waals surface area contributed by atoms with Crippen LogP contribution in [0.5, 0.6) is 0 Å². The third-order valence-electron chi connectivity index (χ3n) is 4.73. The van der Waals surface area contributed by atoms with Gasteiger partial charge in [-0.15, -0.1) is 0 Å². The Morgan fingerprint density at radius 2 is 1.63 bits per heavy atom. The van der Waals surface area contributed by atoms with E-state index in [4.69, 9.17) is 0 Å². The minimum atomic E-state index is -3.76. The predicted octanol–water partition coefficient (Wildman–Crippen LogP) is 4.64. The van der Waals surface area contributed by atoms with Crippen molar-refractivity contribution in [1.29, 1.82) is 0 Å². The Hall–Kier alpha value is -2.08. The highest BCUT2D eigenvalue weighted by Gasteiger charge is 2.32. The molecule has 0 spiro atoms. The molecular weight excluding hydrogens is 360 g/mol. The Balaban J connectivity index is 2.73. The van der Waals surface area contributed by atoms with Crippen LogP contribution in [-0.4, -0.2) is 18.9 Å². The molecule has 1 amide bonds. The third kappa shape index (κ3) is 4.10. The van der Waals surface area contributed by atoms with Crippen LogP contribution in [0.3, 0.4) is 0 Å². The van der Waals surface area contributed by atoms with Crippen LogP contribution >= 0.6 is 0 Å². The van der Waals surface area contributed by atoms with E-state index in [1.54, 1.807) is 31.2 Å². The lowest BCUT2D eigenvalue weighted by molar-refractivity contribution is -0.123. The molecular formula is C21H30N2O3S. The predicted molar refractivity (Wildman–Crippen MR) is 109 cm³/mol. The van der Waals surface area contributed by atoms with Crippen molar-refractivity contribution in [2.24, 2.45) is 5.41 Å². The van der Waals surface area contributed by atoms with Gasteiger partial charge in [0.15, 0.2) is 0 Å². The molecule has 6 heteroatoms. The van der Waals surface area contributed by atoms with Crippen LogP contribution in [0.1, 0.15) is 50.9 Å². The van der Waals surface area contributed by atoms with Crippen LogP contribution in [0.25, 0.3) is 0 Å². The van der Waals surface area contributed by atoms with E-state index in [2.05, 4.69) is 5.32 Å². The smallest absolute Gasteiger partial charge is 0.230 e. The molecule has 0 bridgehead atoms. The maximum atomic E-state index is 13.4. The van der Waals surface area contributed by atoms with Crippen LogP contribution in [-0.2, 0) is 21.2 Å². The second-order valence-electron chi connectivity index (χ2n) is 8.06. The lowest BCUT2D eigenvalue weighted by Gasteiger charge is -2.20. The summed E-state index contributed by atoms with van der Waals surface area (Å²) in [7, 11) is -3.76. The standard InChI is InChI=1S/C21H30N2O3S/c1-8-13-23-16(4)15(3)18(19(23)22-20(24)21(5,6)7)27(25,26)17-11-9-14(2)10-12-17/h9-12H,8,13H2,1-7H3,(H,22,24). The number of amides is 1. The van der Waals surface area contributed by atoms with Crippen molar-refractivity contribution < 1.29 is 13.2 Å². The van der Waals surface area contributed by atoms with Crippen molar-refractivity contribution in [3.63, 3.8) is 0 Å². The zero-order chi connectivity index (χ0) is 20.6. The summed E-state index contributed by atoms with van der Waals surface area (Å²) in [5, 5.41) is 2.90. The van der Waals surface area contributed by atoms with Crippen molar-refractivity contribution in [2.45, 2.75) is 71.2 Å². The first-order valence-electron chi connectivity index (χ1n) is 9.24. The molecule has 27 heavy (non-hydrogen) atoms. The fourth-order valence-corrected chi connectivity index (χ4v) is 4.62. The van der Waals surface area contributed by atoms with Crippen LogP contribution in [0.2, 0.25) is 0 Å². The topological polar surface area (TPSA) is 68.2 Å². The first-order chi connectivity index (χ1) is 12.4. The van der Waals surface area contributed by atoms with Gasteiger partial charge < -0.3 is 9.88 Å². The monoisotopic (exact) mass is 390 g/mol. The number of nitrogens with zero attached hydrogens (tertiary/aromatic N) is 1. The van der Waals surface area contributed by atoms with Crippen molar-refractivity contribution in [2.75, 3.05) is 5.32 Å². The molecule has 0 saturated carbocycles. The molecule has 1 heterocycles. The van der Waals surface area contributed by atoms with E-state index < -0.39 is 15.3 Å². The second-order valence-corrected chi connectivity index (χ2v) is 9.95. The highest BCUT2D eigenvalue weighted by molar-refractivity contribution is 7.91. The van der Waals surface area contributed by atoms with Gasteiger partial charge >= 0.3 is 0 Å². The van der Waals surface area contributed by atoms with Gasteiger partial charge in [0.1, 0.15) is 10.7 Å². The molecule has 0 aliphatic rings. The van der Waals surface area contributed by atoms with E-state index in [-0.39, 0.29) is 15.7 Å². The third-order valence-corrected chi connectivity index (χ3v) is 6.66. The number of hydrogen-bond acceptors (Lipinski definition) is 3. The SMILES string of the molecule is CCCn1c(C)c(C)c(S(=O)(=O)c2ccc(C)cc2)c1NC(=O)C(C)(C)C. The van der Waals surface area contributed by atoms with Crippen LogP contribution in [0.15, 0.2) is 34.1 Å². The van der Waals surface area contributed by atoms with Crippen LogP contribution in [0.4, 0.5) is 5.82 Å². The van der Waals surface area contributed by atoms with E-state index in [1.807, 2.05) is 46.1 Å². The lowest BCUT2D eigenvalue weighted by atomic mass is 9.96. The summed E-state index contributed by atoms with van der Waals surface area (Å²) in [5.74, 6) is 0.157. The Labute approximate surface area is 162 Å². The van der Waals surface area contributed by atoms with Crippen LogP contribution in [0, 0.1) is 26.2 Å². The number of hydrogen-bond donors (Lipinski definition) is 1. The summed E-state index contributed by atoms with van der Waals surface area (Å²) >= 11 is 0. The average Bonchev–Trinajstić information content (AvgIpc) is 2.79. The molecule has 1 aromatic heterocycles. The van der Waals surface area contributed by atoms with Gasteiger partial charge in [0.05, 0.1) is 4.90 Å². The second kappa shape index (κ2) is 7.50. The summed E-state index contributed by atoms with van der Waals surface area (Å²) in [5.41, 5.74) is 1.89. The van der Waals surface area contributed by atoms with Gasteiger partial charge in [-0.3, -0.25) is 4.79 Å². The Morgan fingerprint density at radius 1 is 1.07 bits per heavy atom. The molecule has 2 aromatic rings. The minimum absolute atomic E-state index is 0.190. The summed E-state index contributed by atoms with van der Waals surface area (Å²) in [6, 6.07) is 6.80. The first kappa shape index (κ1) is 21.2. The highest BCUT2D eigenvalue weighted by Crippen LogP contribution is 2.36. The molecule has 1 aromatic carbocycles. The normalized spacial score (nSPS) is 12.3. The summed E-state index contributed by atoms with van der Waals surface area (Å²) in [6.45, 7) is 13.7. The molecule has 0 aliphatic carbocycles. The molecule has 0 aliphatic heterocycles. The lowest BCUT2D eigenvalue weighted by Crippen LogP contribution is -2.29. The molecule has 148 valence electrons. The zero-order valence-corrected chi connectivity index (χ0v) is 18.1. The van der Waals surface area contributed by atoms with Gasteiger partial charge in [0.25, 0.3) is 0 Å². The molecule has 0 unspecified atom stereocenters. The molecule has 0 fully saturated rings. The number of carbonyl (C=O) groups excluding carboxylic acids is 1. The maximum absolute atomic E-state index is 13.4. The van der Waals surface area contributed by atoms with Crippen molar-refractivity contribution in [3.8, 4) is 0 Å². The van der Waals surface area contributed by atoms with Gasteiger partial charge in [0, 0.05) is 17.7 Å². The number of anilines is 1. The molecule has 0 atom stereocenters. The summed E-state index contributed by atoms with van der Waals surface area (Å²) < 4.78 is 28.7. The van der Waals surface area contributed by atoms with Gasteiger partial charge in [-0.05, 0) is 44.9 Å². The zero-order valence-electron chi connectivity index (χ0n) is 17.3. The van der Waals surface area contributed by atoms with Gasteiger partial charge in [-0.2, -0.15) is 0 Å². The van der Waals surface area contributed by atoms with E-state index in [0.29, 0.717) is 17.9 Å². The fraction of sp³-hybridized carbons (Fsp3) is 0.476. The largest absolute Gasteiger partial charge is 0.331 e. The summed E-state index contributed by atoms with van der Waals surface area (Å²) in [4.78, 5) is 13.1. The minimum Gasteiger partial charge on any atom is -0.331 e. The molecule has 0 radical (unpaired) electrons. The number of carbonyl (C=O) groups is 1. The number of aromatic nitrogens is 1. The van der Waals surface area contributed by atoms with Crippen molar-refractivity contribution in [1.82, 2.24) is 4.57 Å². The van der Waals surface area contributed by atoms with Crippen LogP contribution < -0.4 is 5.32 Å². The maximum Gasteiger partial charge on any atom is 0.230 e. The molecule has 5 nitrogen and oxygen atoms in total. The van der Waals surface area contributed by atoms with Crippen molar-refractivity contribution in [3.05, 3.63) is 41.1 Å². The number of benzene rings is 1. The van der Waals surface area contributed by atoms with Gasteiger partial charge in [-0.25, -0.2) is 8.42 Å². The van der Waals surface area contributed by atoms with E-state index >= 15 is 0 Å². The quantitative estimate of drug-likeness (QED) is 0.808. The molecule has 0 saturated heterocycles. The fourth-order valence-electron chi connectivity index (χ4n) is 2.92. The number of aryl methyl sites for hydroxylation is 1. The van der Waals surface area contributed by atoms with Gasteiger partial charge in [0.2, 0.25) is 15.7 Å². The Kier molecular flexibility index (Phi) is 5.90. The Morgan fingerprint density at radius 3 is 2.11 bits per heavy atom. The Bertz CT molecular complexity index is 947. The van der Waals surface area contributed by atoms with Gasteiger partial charge in [-0.1, -0.05) is 45.4 Å².